The van der Waals surface area contributed by atoms with Crippen LogP contribution in [0.3, 0.4) is 0 Å². The topological polar surface area (TPSA) is 85.1 Å². The van der Waals surface area contributed by atoms with Gasteiger partial charge >= 0.3 is 0 Å². The molecule has 6 rings (SSSR count). The number of anilines is 2. The first-order chi connectivity index (χ1) is 16.2. The number of thiophene rings is 1. The van der Waals surface area contributed by atoms with Crippen LogP contribution < -0.4 is 5.32 Å². The van der Waals surface area contributed by atoms with Crippen LogP contribution in [0.25, 0.3) is 10.2 Å². The second-order valence-corrected chi connectivity index (χ2v) is 9.86. The van der Waals surface area contributed by atoms with Crippen molar-refractivity contribution in [2.24, 2.45) is 18.0 Å². The van der Waals surface area contributed by atoms with Crippen LogP contribution in [0.5, 0.6) is 0 Å². The number of Topliss-reactive ketones (excluding diaryl/α,β-unsaturated/α-hetero) is 1. The van der Waals surface area contributed by atoms with E-state index in [0.29, 0.717) is 18.6 Å². The average Bonchev–Trinajstić information content (AvgIpc) is 3.55. The molecule has 0 fully saturated rings. The molecule has 0 spiro atoms. The molecule has 1 aromatic carbocycles. The second kappa shape index (κ2) is 8.19. The molecule has 1 aliphatic heterocycles. The molecule has 1 aliphatic carbocycles. The Morgan fingerprint density at radius 3 is 3.09 bits per heavy atom. The maximum atomic E-state index is 12.9. The highest BCUT2D eigenvalue weighted by Gasteiger charge is 2.29. The SMILES string of the molecule is Cn1ccnc1CCC(=O)C1CCc2c(sc3ncnc(Nc4ccc5c(c4)C=NC5)c23)C1. The number of nitrogens with one attached hydrogen (secondary N) is 1. The van der Waals surface area contributed by atoms with Crippen LogP contribution in [0.15, 0.2) is 41.9 Å². The summed E-state index contributed by atoms with van der Waals surface area (Å²) in [4.78, 5) is 33.0. The van der Waals surface area contributed by atoms with Gasteiger partial charge in [-0.3, -0.25) is 9.79 Å². The minimum Gasteiger partial charge on any atom is -0.340 e. The van der Waals surface area contributed by atoms with Gasteiger partial charge in [-0.05, 0) is 48.1 Å². The van der Waals surface area contributed by atoms with Gasteiger partial charge in [0.15, 0.2) is 0 Å². The van der Waals surface area contributed by atoms with Crippen molar-refractivity contribution in [3.05, 3.63) is 64.3 Å². The summed E-state index contributed by atoms with van der Waals surface area (Å²) < 4.78 is 1.99. The molecule has 0 radical (unpaired) electrons. The number of aliphatic imine (C=N–C) groups is 1. The van der Waals surface area contributed by atoms with Crippen LogP contribution in [0.2, 0.25) is 0 Å². The van der Waals surface area contributed by atoms with Crippen molar-refractivity contribution >= 4 is 45.1 Å². The van der Waals surface area contributed by atoms with Gasteiger partial charge in [0.1, 0.15) is 28.6 Å². The Bertz CT molecular complexity index is 1400. The van der Waals surface area contributed by atoms with Gasteiger partial charge in [-0.15, -0.1) is 11.3 Å². The zero-order valence-corrected chi connectivity index (χ0v) is 19.2. The van der Waals surface area contributed by atoms with Gasteiger partial charge in [-0.2, -0.15) is 0 Å². The molecule has 4 aromatic rings. The Balaban J connectivity index is 1.23. The number of rotatable bonds is 6. The smallest absolute Gasteiger partial charge is 0.142 e. The molecule has 1 N–H and O–H groups in total. The summed E-state index contributed by atoms with van der Waals surface area (Å²) in [5.41, 5.74) is 4.71. The number of ketones is 1. The standard InChI is InChI=1S/C25H24N6OS/c1-31-9-8-27-22(31)7-6-20(32)15-3-5-19-21(11-15)33-25-23(19)24(28-14-29-25)30-18-4-2-16-12-26-13-17(16)10-18/h2,4,8-10,13-15H,3,5-7,11-12H2,1H3,(H,28,29,30). The monoisotopic (exact) mass is 456 g/mol. The lowest BCUT2D eigenvalue weighted by atomic mass is 9.84. The molecule has 0 saturated carbocycles. The predicted molar refractivity (Wildman–Crippen MR) is 130 cm³/mol. The lowest BCUT2D eigenvalue weighted by Gasteiger charge is -2.21. The number of carbonyl (C=O) groups is 1. The molecule has 8 heteroatoms. The molecule has 2 aliphatic rings. The van der Waals surface area contributed by atoms with Crippen molar-refractivity contribution in [1.82, 2.24) is 19.5 Å². The third-order valence-corrected chi connectivity index (χ3v) is 7.88. The molecule has 1 unspecified atom stereocenters. The molecule has 0 amide bonds. The number of aromatic nitrogens is 4. The number of aryl methyl sites for hydroxylation is 3. The fourth-order valence-corrected chi connectivity index (χ4v) is 6.14. The fraction of sp³-hybridized carbons (Fsp3) is 0.320. The third-order valence-electron chi connectivity index (χ3n) is 6.72. The van der Waals surface area contributed by atoms with Crippen LogP contribution in [-0.2, 0) is 37.6 Å². The van der Waals surface area contributed by atoms with Crippen LogP contribution in [0, 0.1) is 5.92 Å². The lowest BCUT2D eigenvalue weighted by molar-refractivity contribution is -0.123. The first-order valence-electron chi connectivity index (χ1n) is 11.3. The summed E-state index contributed by atoms with van der Waals surface area (Å²) in [5, 5.41) is 4.61. The molecule has 1 atom stereocenters. The number of fused-ring (bicyclic) bond motifs is 4. The minimum atomic E-state index is 0.0752. The molecular weight excluding hydrogens is 432 g/mol. The van der Waals surface area contributed by atoms with Crippen molar-refractivity contribution in [3.8, 4) is 0 Å². The van der Waals surface area contributed by atoms with E-state index in [1.165, 1.54) is 16.0 Å². The highest BCUT2D eigenvalue weighted by Crippen LogP contribution is 2.41. The van der Waals surface area contributed by atoms with Crippen molar-refractivity contribution in [3.63, 3.8) is 0 Å². The van der Waals surface area contributed by atoms with Gasteiger partial charge < -0.3 is 9.88 Å². The van der Waals surface area contributed by atoms with Crippen LogP contribution in [0.1, 0.15) is 40.2 Å². The Kier molecular flexibility index (Phi) is 5.02. The van der Waals surface area contributed by atoms with E-state index in [4.69, 9.17) is 0 Å². The van der Waals surface area contributed by atoms with Crippen LogP contribution in [0.4, 0.5) is 11.5 Å². The van der Waals surface area contributed by atoms with E-state index in [0.717, 1.165) is 58.9 Å². The zero-order chi connectivity index (χ0) is 22.4. The number of imidazole rings is 1. The predicted octanol–water partition coefficient (Wildman–Crippen LogP) is 4.41. The molecule has 166 valence electrons. The number of hydrogen-bond acceptors (Lipinski definition) is 7. The van der Waals surface area contributed by atoms with Crippen molar-refractivity contribution < 1.29 is 4.79 Å². The number of nitrogens with zero attached hydrogens (tertiary/aromatic N) is 5. The van der Waals surface area contributed by atoms with E-state index in [9.17, 15) is 4.79 Å². The average molecular weight is 457 g/mol. The maximum Gasteiger partial charge on any atom is 0.142 e. The van der Waals surface area contributed by atoms with E-state index in [1.54, 1.807) is 23.9 Å². The number of hydrogen-bond donors (Lipinski definition) is 1. The summed E-state index contributed by atoms with van der Waals surface area (Å²) >= 11 is 1.70. The van der Waals surface area contributed by atoms with Crippen LogP contribution >= 0.6 is 11.3 Å². The molecule has 4 heterocycles. The number of carbonyl (C=O) groups excluding carboxylic acids is 1. The van der Waals surface area contributed by atoms with Gasteiger partial charge in [-0.25, -0.2) is 15.0 Å². The quantitative estimate of drug-likeness (QED) is 0.465. The van der Waals surface area contributed by atoms with E-state index in [2.05, 4.69) is 43.5 Å². The summed E-state index contributed by atoms with van der Waals surface area (Å²) in [6.07, 6.45) is 11.1. The first kappa shape index (κ1) is 20.2. The van der Waals surface area contributed by atoms with Crippen molar-refractivity contribution in [2.45, 2.75) is 38.6 Å². The largest absolute Gasteiger partial charge is 0.340 e. The minimum absolute atomic E-state index is 0.0752. The molecule has 7 nitrogen and oxygen atoms in total. The van der Waals surface area contributed by atoms with Crippen molar-refractivity contribution in [1.29, 1.82) is 0 Å². The zero-order valence-electron chi connectivity index (χ0n) is 18.4. The third kappa shape index (κ3) is 3.74. The van der Waals surface area contributed by atoms with Gasteiger partial charge in [-0.1, -0.05) is 6.07 Å². The van der Waals surface area contributed by atoms with Crippen LogP contribution in [-0.4, -0.2) is 31.5 Å². The van der Waals surface area contributed by atoms with Gasteiger partial charge in [0.2, 0.25) is 0 Å². The molecular formula is C25H24N6OS. The normalized spacial score (nSPS) is 16.7. The molecule has 3 aromatic heterocycles. The Labute approximate surface area is 195 Å². The molecule has 0 bridgehead atoms. The Hall–Kier alpha value is -3.39. The van der Waals surface area contributed by atoms with E-state index >= 15 is 0 Å². The van der Waals surface area contributed by atoms with Gasteiger partial charge in [0.25, 0.3) is 0 Å². The molecule has 33 heavy (non-hydrogen) atoms. The highest BCUT2D eigenvalue weighted by atomic mass is 32.1. The summed E-state index contributed by atoms with van der Waals surface area (Å²) in [6, 6.07) is 6.32. The number of benzene rings is 1. The summed E-state index contributed by atoms with van der Waals surface area (Å²) in [7, 11) is 1.97. The van der Waals surface area contributed by atoms with Gasteiger partial charge in [0.05, 0.1) is 11.9 Å². The lowest BCUT2D eigenvalue weighted by Crippen LogP contribution is -2.22. The summed E-state index contributed by atoms with van der Waals surface area (Å²) in [6.45, 7) is 0.757. The molecule has 0 saturated heterocycles. The first-order valence-corrected chi connectivity index (χ1v) is 12.1. The second-order valence-electron chi connectivity index (χ2n) is 8.78. The van der Waals surface area contributed by atoms with E-state index in [1.807, 2.05) is 24.0 Å². The summed E-state index contributed by atoms with van der Waals surface area (Å²) in [5.74, 6) is 2.22. The van der Waals surface area contributed by atoms with E-state index < -0.39 is 0 Å². The van der Waals surface area contributed by atoms with Crippen molar-refractivity contribution in [2.75, 3.05) is 5.32 Å². The Morgan fingerprint density at radius 1 is 1.27 bits per heavy atom. The highest BCUT2D eigenvalue weighted by molar-refractivity contribution is 7.19. The van der Waals surface area contributed by atoms with E-state index in [-0.39, 0.29) is 5.92 Å². The Morgan fingerprint density at radius 2 is 2.21 bits per heavy atom. The van der Waals surface area contributed by atoms with Gasteiger partial charge in [0, 0.05) is 55.0 Å². The maximum absolute atomic E-state index is 12.9. The fourth-order valence-electron chi connectivity index (χ4n) is 4.87.